The number of fused-ring (bicyclic) bond motifs is 1. The maximum atomic E-state index is 13.1. The Kier molecular flexibility index (Phi) is 4.01. The van der Waals surface area contributed by atoms with Crippen LogP contribution in [0.5, 0.6) is 0 Å². The average Bonchev–Trinajstić information content (AvgIpc) is 2.77. The Labute approximate surface area is 124 Å². The molecule has 0 bridgehead atoms. The molecule has 0 aromatic rings. The van der Waals surface area contributed by atoms with Crippen LogP contribution in [0.2, 0.25) is 0 Å². The van der Waals surface area contributed by atoms with Gasteiger partial charge in [-0.1, -0.05) is 0 Å². The quantitative estimate of drug-likeness (QED) is 0.784. The molecule has 2 unspecified atom stereocenters. The molecule has 122 valence electrons. The second-order valence-electron chi connectivity index (χ2n) is 6.73. The van der Waals surface area contributed by atoms with Crippen molar-refractivity contribution in [3.8, 4) is 0 Å². The highest BCUT2D eigenvalue weighted by atomic mass is 32.2. The van der Waals surface area contributed by atoms with Crippen molar-refractivity contribution in [1.82, 2.24) is 9.80 Å². The summed E-state index contributed by atoms with van der Waals surface area (Å²) in [6, 6.07) is 0. The zero-order valence-electron chi connectivity index (χ0n) is 12.0. The van der Waals surface area contributed by atoms with Crippen molar-refractivity contribution in [3.63, 3.8) is 0 Å². The van der Waals surface area contributed by atoms with Gasteiger partial charge in [0.1, 0.15) is 0 Å². The van der Waals surface area contributed by atoms with Gasteiger partial charge in [0.05, 0.1) is 5.75 Å². The third-order valence-corrected chi connectivity index (χ3v) is 5.96. The van der Waals surface area contributed by atoms with Gasteiger partial charge in [0.15, 0.2) is 0 Å². The molecule has 1 saturated heterocycles. The summed E-state index contributed by atoms with van der Waals surface area (Å²) < 4.78 is 48.2. The highest BCUT2D eigenvalue weighted by molar-refractivity contribution is 7.89. The summed E-state index contributed by atoms with van der Waals surface area (Å²) in [7, 11) is -3.39. The molecule has 0 spiro atoms. The molecule has 2 atom stereocenters. The topological polar surface area (TPSA) is 66.6 Å². The van der Waals surface area contributed by atoms with Gasteiger partial charge in [-0.25, -0.2) is 22.3 Å². The molecule has 3 fully saturated rings. The first-order valence-corrected chi connectivity index (χ1v) is 9.30. The number of nitrogens with two attached hydrogens (primary N) is 1. The van der Waals surface area contributed by atoms with Crippen LogP contribution in [-0.4, -0.2) is 69.2 Å². The van der Waals surface area contributed by atoms with Crippen molar-refractivity contribution in [2.75, 3.05) is 45.0 Å². The van der Waals surface area contributed by atoms with Crippen LogP contribution >= 0.6 is 0 Å². The zero-order chi connectivity index (χ0) is 15.3. The minimum absolute atomic E-state index is 0.00589. The molecule has 3 aliphatic rings. The normalized spacial score (nSPS) is 36.6. The van der Waals surface area contributed by atoms with E-state index in [0.29, 0.717) is 25.3 Å². The SMILES string of the molecule is NS(=O)(=O)CCN1CCN(CC2CC3C(C2)C3(F)F)CC1. The van der Waals surface area contributed by atoms with Gasteiger partial charge < -0.3 is 4.90 Å². The maximum Gasteiger partial charge on any atom is 0.254 e. The molecule has 8 heteroatoms. The minimum atomic E-state index is -3.39. The Hall–Kier alpha value is -0.310. The van der Waals surface area contributed by atoms with E-state index in [-0.39, 0.29) is 17.6 Å². The lowest BCUT2D eigenvalue weighted by Gasteiger charge is -2.36. The second-order valence-corrected chi connectivity index (χ2v) is 8.47. The largest absolute Gasteiger partial charge is 0.301 e. The number of nitrogens with zero attached hydrogens (tertiary/aromatic N) is 2. The van der Waals surface area contributed by atoms with Gasteiger partial charge in [0.2, 0.25) is 10.0 Å². The molecule has 0 radical (unpaired) electrons. The first-order valence-electron chi connectivity index (χ1n) is 7.58. The molecular weight excluding hydrogens is 300 g/mol. The molecule has 3 rings (SSSR count). The molecule has 5 nitrogen and oxygen atoms in total. The molecule has 0 aromatic heterocycles. The van der Waals surface area contributed by atoms with Crippen LogP contribution in [0.15, 0.2) is 0 Å². The van der Waals surface area contributed by atoms with E-state index in [4.69, 9.17) is 5.14 Å². The Morgan fingerprint density at radius 3 is 2.10 bits per heavy atom. The first kappa shape index (κ1) is 15.6. The highest BCUT2D eigenvalue weighted by Crippen LogP contribution is 2.65. The predicted octanol–water partition coefficient (Wildman–Crippen LogP) is 0.184. The maximum absolute atomic E-state index is 13.1. The first-order chi connectivity index (χ1) is 9.75. The summed E-state index contributed by atoms with van der Waals surface area (Å²) in [5, 5.41) is 5.00. The molecular formula is C13H23F2N3O2S. The van der Waals surface area contributed by atoms with Gasteiger partial charge in [-0.05, 0) is 18.8 Å². The summed E-state index contributed by atoms with van der Waals surface area (Å²) in [6.45, 7) is 4.80. The van der Waals surface area contributed by atoms with E-state index < -0.39 is 15.9 Å². The number of alkyl halides is 2. The third kappa shape index (κ3) is 3.55. The number of halogens is 2. The summed E-state index contributed by atoms with van der Waals surface area (Å²) in [5.41, 5.74) is 0. The van der Waals surface area contributed by atoms with E-state index in [0.717, 1.165) is 32.7 Å². The fourth-order valence-electron chi connectivity index (χ4n) is 3.88. The van der Waals surface area contributed by atoms with Crippen molar-refractivity contribution in [3.05, 3.63) is 0 Å². The van der Waals surface area contributed by atoms with Crippen molar-refractivity contribution in [1.29, 1.82) is 0 Å². The van der Waals surface area contributed by atoms with Crippen LogP contribution in [0.25, 0.3) is 0 Å². The lowest BCUT2D eigenvalue weighted by Crippen LogP contribution is -2.49. The third-order valence-electron chi connectivity index (χ3n) is 5.21. The van der Waals surface area contributed by atoms with Gasteiger partial charge in [-0.2, -0.15) is 0 Å². The lowest BCUT2D eigenvalue weighted by molar-refractivity contribution is 0.0543. The number of hydrogen-bond acceptors (Lipinski definition) is 4. The van der Waals surface area contributed by atoms with Crippen molar-refractivity contribution in [2.45, 2.75) is 18.8 Å². The molecule has 1 heterocycles. The summed E-state index contributed by atoms with van der Waals surface area (Å²) in [4.78, 5) is 4.42. The molecule has 1 aliphatic heterocycles. The minimum Gasteiger partial charge on any atom is -0.301 e. The van der Waals surface area contributed by atoms with Gasteiger partial charge in [-0.15, -0.1) is 0 Å². The monoisotopic (exact) mass is 323 g/mol. The van der Waals surface area contributed by atoms with Gasteiger partial charge in [-0.3, -0.25) is 4.90 Å². The van der Waals surface area contributed by atoms with Crippen molar-refractivity contribution < 1.29 is 17.2 Å². The fourth-order valence-corrected chi connectivity index (χ4v) is 4.40. The molecule has 2 N–H and O–H groups in total. The number of sulfonamides is 1. The number of rotatable bonds is 5. The van der Waals surface area contributed by atoms with Gasteiger partial charge in [0.25, 0.3) is 5.92 Å². The zero-order valence-corrected chi connectivity index (χ0v) is 12.9. The Bertz CT molecular complexity index is 478. The second kappa shape index (κ2) is 5.40. The van der Waals surface area contributed by atoms with Crippen molar-refractivity contribution >= 4 is 10.0 Å². The number of piperazine rings is 1. The van der Waals surface area contributed by atoms with Crippen LogP contribution in [0, 0.1) is 17.8 Å². The number of hydrogen-bond donors (Lipinski definition) is 1. The molecule has 0 aromatic carbocycles. The van der Waals surface area contributed by atoms with E-state index in [1.54, 1.807) is 0 Å². The van der Waals surface area contributed by atoms with Crippen LogP contribution in [0.4, 0.5) is 8.78 Å². The van der Waals surface area contributed by atoms with Gasteiger partial charge >= 0.3 is 0 Å². The molecule has 2 saturated carbocycles. The predicted molar refractivity (Wildman–Crippen MR) is 75.5 cm³/mol. The average molecular weight is 323 g/mol. The molecule has 2 aliphatic carbocycles. The summed E-state index contributed by atoms with van der Waals surface area (Å²) >= 11 is 0. The fraction of sp³-hybridized carbons (Fsp3) is 1.00. The van der Waals surface area contributed by atoms with Crippen LogP contribution < -0.4 is 5.14 Å². The van der Waals surface area contributed by atoms with E-state index >= 15 is 0 Å². The lowest BCUT2D eigenvalue weighted by atomic mass is 10.0. The highest BCUT2D eigenvalue weighted by Gasteiger charge is 2.71. The van der Waals surface area contributed by atoms with E-state index in [1.165, 1.54) is 0 Å². The van der Waals surface area contributed by atoms with E-state index in [1.807, 2.05) is 0 Å². The molecule has 21 heavy (non-hydrogen) atoms. The van der Waals surface area contributed by atoms with Crippen LogP contribution in [-0.2, 0) is 10.0 Å². The Balaban J connectivity index is 1.35. The standard InChI is InChI=1S/C13H23F2N3O2S/c14-13(15)11-7-10(8-12(11)13)9-18-3-1-17(2-4-18)5-6-21(16,19)20/h10-12H,1-9H2,(H2,16,19,20). The van der Waals surface area contributed by atoms with Crippen LogP contribution in [0.1, 0.15) is 12.8 Å². The van der Waals surface area contributed by atoms with E-state index in [2.05, 4.69) is 9.80 Å². The Morgan fingerprint density at radius 2 is 1.57 bits per heavy atom. The van der Waals surface area contributed by atoms with Gasteiger partial charge in [0, 0.05) is 51.1 Å². The summed E-state index contributed by atoms with van der Waals surface area (Å²) in [5.74, 6) is -2.66. The number of primary sulfonamides is 1. The van der Waals surface area contributed by atoms with E-state index in [9.17, 15) is 17.2 Å². The van der Waals surface area contributed by atoms with Crippen LogP contribution in [0.3, 0.4) is 0 Å². The smallest absolute Gasteiger partial charge is 0.254 e. The molecule has 0 amide bonds. The Morgan fingerprint density at radius 1 is 1.05 bits per heavy atom. The van der Waals surface area contributed by atoms with Crippen molar-refractivity contribution in [2.24, 2.45) is 22.9 Å². The summed E-state index contributed by atoms with van der Waals surface area (Å²) in [6.07, 6.45) is 1.34.